The van der Waals surface area contributed by atoms with Gasteiger partial charge in [0.2, 0.25) is 5.91 Å². The third-order valence-corrected chi connectivity index (χ3v) is 5.00. The van der Waals surface area contributed by atoms with E-state index in [9.17, 15) is 18.8 Å². The molecule has 2 N–H and O–H groups in total. The van der Waals surface area contributed by atoms with E-state index in [-0.39, 0.29) is 18.1 Å². The molecule has 1 aliphatic rings. The molecule has 33 heavy (non-hydrogen) atoms. The van der Waals surface area contributed by atoms with Crippen molar-refractivity contribution in [1.29, 1.82) is 0 Å². The monoisotopic (exact) mass is 451 g/mol. The normalized spacial score (nSPS) is 14.0. The van der Waals surface area contributed by atoms with E-state index in [0.717, 1.165) is 17.8 Å². The number of benzene rings is 2. The summed E-state index contributed by atoms with van der Waals surface area (Å²) in [5.41, 5.74) is 1.01. The van der Waals surface area contributed by atoms with Crippen LogP contribution >= 0.6 is 0 Å². The Labute approximate surface area is 188 Å². The molecule has 1 aromatic heterocycles. The Morgan fingerprint density at radius 1 is 0.909 bits per heavy atom. The Morgan fingerprint density at radius 3 is 2.21 bits per heavy atom. The fourth-order valence-electron chi connectivity index (χ4n) is 3.29. The standard InChI is InChI=1S/C23H22FN5O4/c24-16-1-7-19(8-2-16)29-22(31)10-9-20(27-29)23(32)26-18-5-3-17(4-6-18)25-21(30)15-28-11-13-33-14-12-28/h1-10H,11-15H2,(H,25,30)(H,26,32). The van der Waals surface area contributed by atoms with Crippen molar-refractivity contribution in [2.75, 3.05) is 43.5 Å². The number of carbonyl (C=O) groups is 2. The number of halogens is 1. The third kappa shape index (κ3) is 5.88. The zero-order valence-corrected chi connectivity index (χ0v) is 17.7. The summed E-state index contributed by atoms with van der Waals surface area (Å²) in [5.74, 6) is -1.09. The molecule has 0 unspecified atom stereocenters. The molecule has 0 saturated carbocycles. The van der Waals surface area contributed by atoms with Crippen molar-refractivity contribution in [3.63, 3.8) is 0 Å². The average Bonchev–Trinajstić information content (AvgIpc) is 2.82. The molecule has 0 radical (unpaired) electrons. The summed E-state index contributed by atoms with van der Waals surface area (Å²) in [7, 11) is 0. The van der Waals surface area contributed by atoms with E-state index < -0.39 is 17.3 Å². The number of nitrogens with zero attached hydrogens (tertiary/aromatic N) is 3. The summed E-state index contributed by atoms with van der Waals surface area (Å²) < 4.78 is 19.5. The van der Waals surface area contributed by atoms with Gasteiger partial charge in [0.1, 0.15) is 11.5 Å². The van der Waals surface area contributed by atoms with Crippen LogP contribution in [-0.2, 0) is 9.53 Å². The number of aromatic nitrogens is 2. The molecule has 3 aromatic rings. The van der Waals surface area contributed by atoms with E-state index >= 15 is 0 Å². The number of morpholine rings is 1. The number of ether oxygens (including phenoxy) is 1. The third-order valence-electron chi connectivity index (χ3n) is 5.00. The molecule has 1 aliphatic heterocycles. The van der Waals surface area contributed by atoms with E-state index in [4.69, 9.17) is 4.74 Å². The first kappa shape index (κ1) is 22.3. The first-order chi connectivity index (χ1) is 16.0. The van der Waals surface area contributed by atoms with Crippen LogP contribution in [0.2, 0.25) is 0 Å². The van der Waals surface area contributed by atoms with Crippen molar-refractivity contribution in [2.24, 2.45) is 0 Å². The number of rotatable bonds is 6. The van der Waals surface area contributed by atoms with Crippen LogP contribution in [0.5, 0.6) is 0 Å². The molecule has 2 aromatic carbocycles. The Balaban J connectivity index is 1.38. The summed E-state index contributed by atoms with van der Waals surface area (Å²) >= 11 is 0. The van der Waals surface area contributed by atoms with Crippen LogP contribution in [-0.4, -0.2) is 59.3 Å². The smallest absolute Gasteiger partial charge is 0.276 e. The minimum absolute atomic E-state index is 0.0156. The van der Waals surface area contributed by atoms with Crippen molar-refractivity contribution in [2.45, 2.75) is 0 Å². The summed E-state index contributed by atoms with van der Waals surface area (Å²) in [5, 5.41) is 9.61. The van der Waals surface area contributed by atoms with Crippen LogP contribution in [0, 0.1) is 5.82 Å². The number of anilines is 2. The summed E-state index contributed by atoms with van der Waals surface area (Å²) in [6.45, 7) is 2.98. The quantitative estimate of drug-likeness (QED) is 0.593. The SMILES string of the molecule is O=C(CN1CCOCC1)Nc1ccc(NC(=O)c2ccc(=O)n(-c3ccc(F)cc3)n2)cc1. The number of amides is 2. The van der Waals surface area contributed by atoms with Crippen LogP contribution in [0.4, 0.5) is 15.8 Å². The maximum atomic E-state index is 13.2. The van der Waals surface area contributed by atoms with E-state index in [1.165, 1.54) is 36.4 Å². The van der Waals surface area contributed by atoms with Gasteiger partial charge in [-0.2, -0.15) is 9.78 Å². The van der Waals surface area contributed by atoms with Gasteiger partial charge in [-0.15, -0.1) is 0 Å². The van der Waals surface area contributed by atoms with Gasteiger partial charge in [0, 0.05) is 30.5 Å². The molecule has 0 atom stereocenters. The van der Waals surface area contributed by atoms with Crippen molar-refractivity contribution >= 4 is 23.2 Å². The second-order valence-corrected chi connectivity index (χ2v) is 7.41. The number of carbonyl (C=O) groups excluding carboxylic acids is 2. The molecule has 2 amide bonds. The van der Waals surface area contributed by atoms with Crippen molar-refractivity contribution in [3.8, 4) is 5.69 Å². The molecule has 0 bridgehead atoms. The van der Waals surface area contributed by atoms with Gasteiger partial charge in [0.05, 0.1) is 25.4 Å². The largest absolute Gasteiger partial charge is 0.379 e. The molecule has 4 rings (SSSR count). The molecule has 0 aliphatic carbocycles. The maximum Gasteiger partial charge on any atom is 0.276 e. The van der Waals surface area contributed by atoms with Crippen molar-refractivity contribution < 1.29 is 18.7 Å². The molecular weight excluding hydrogens is 429 g/mol. The van der Waals surface area contributed by atoms with Crippen molar-refractivity contribution in [3.05, 3.63) is 82.5 Å². The van der Waals surface area contributed by atoms with Crippen LogP contribution < -0.4 is 16.2 Å². The van der Waals surface area contributed by atoms with E-state index in [1.807, 2.05) is 4.90 Å². The minimum Gasteiger partial charge on any atom is -0.379 e. The topological polar surface area (TPSA) is 106 Å². The van der Waals surface area contributed by atoms with Crippen LogP contribution in [0.1, 0.15) is 10.5 Å². The molecule has 1 fully saturated rings. The highest BCUT2D eigenvalue weighted by atomic mass is 19.1. The zero-order chi connectivity index (χ0) is 23.2. The number of hydrogen-bond donors (Lipinski definition) is 2. The lowest BCUT2D eigenvalue weighted by molar-refractivity contribution is -0.118. The Hall–Kier alpha value is -3.89. The van der Waals surface area contributed by atoms with Crippen molar-refractivity contribution in [1.82, 2.24) is 14.7 Å². The summed E-state index contributed by atoms with van der Waals surface area (Å²) in [4.78, 5) is 39.0. The first-order valence-corrected chi connectivity index (χ1v) is 10.4. The van der Waals surface area contributed by atoms with Gasteiger partial charge in [-0.25, -0.2) is 4.39 Å². The highest BCUT2D eigenvalue weighted by Crippen LogP contribution is 2.15. The lowest BCUT2D eigenvalue weighted by Gasteiger charge is -2.25. The van der Waals surface area contributed by atoms with E-state index in [0.29, 0.717) is 30.3 Å². The fourth-order valence-corrected chi connectivity index (χ4v) is 3.29. The van der Waals surface area contributed by atoms with E-state index in [1.54, 1.807) is 24.3 Å². The van der Waals surface area contributed by atoms with Gasteiger partial charge >= 0.3 is 0 Å². The van der Waals surface area contributed by atoms with Gasteiger partial charge in [-0.3, -0.25) is 19.3 Å². The lowest BCUT2D eigenvalue weighted by Crippen LogP contribution is -2.41. The second-order valence-electron chi connectivity index (χ2n) is 7.41. The molecular formula is C23H22FN5O4. The highest BCUT2D eigenvalue weighted by Gasteiger charge is 2.15. The van der Waals surface area contributed by atoms with Gasteiger partial charge in [0.25, 0.3) is 11.5 Å². The molecule has 0 spiro atoms. The zero-order valence-electron chi connectivity index (χ0n) is 17.7. The molecule has 10 heteroatoms. The molecule has 2 heterocycles. The lowest BCUT2D eigenvalue weighted by atomic mass is 10.2. The van der Waals surface area contributed by atoms with Crippen LogP contribution in [0.3, 0.4) is 0 Å². The summed E-state index contributed by atoms with van der Waals surface area (Å²) in [6, 6.07) is 14.4. The number of hydrogen-bond acceptors (Lipinski definition) is 6. The predicted octanol–water partition coefficient (Wildman–Crippen LogP) is 1.89. The second kappa shape index (κ2) is 10.2. The van der Waals surface area contributed by atoms with Gasteiger partial charge < -0.3 is 15.4 Å². The highest BCUT2D eigenvalue weighted by molar-refractivity contribution is 6.03. The van der Waals surface area contributed by atoms with Gasteiger partial charge in [-0.1, -0.05) is 0 Å². The molecule has 9 nitrogen and oxygen atoms in total. The van der Waals surface area contributed by atoms with Crippen LogP contribution in [0.15, 0.2) is 65.5 Å². The van der Waals surface area contributed by atoms with E-state index in [2.05, 4.69) is 15.7 Å². The Bertz CT molecular complexity index is 1190. The molecule has 1 saturated heterocycles. The van der Waals surface area contributed by atoms with Gasteiger partial charge in [-0.05, 0) is 54.6 Å². The Morgan fingerprint density at radius 2 is 1.55 bits per heavy atom. The first-order valence-electron chi connectivity index (χ1n) is 10.4. The average molecular weight is 451 g/mol. The Kier molecular flexibility index (Phi) is 6.86. The summed E-state index contributed by atoms with van der Waals surface area (Å²) in [6.07, 6.45) is 0. The minimum atomic E-state index is -0.519. The predicted molar refractivity (Wildman–Crippen MR) is 120 cm³/mol. The van der Waals surface area contributed by atoms with Gasteiger partial charge in [0.15, 0.2) is 0 Å². The maximum absolute atomic E-state index is 13.2. The van der Waals surface area contributed by atoms with Crippen LogP contribution in [0.25, 0.3) is 5.69 Å². The number of nitrogens with one attached hydrogen (secondary N) is 2. The fraction of sp³-hybridized carbons (Fsp3) is 0.217. The molecule has 170 valence electrons.